The number of carbonyl (C=O) groups excluding carboxylic acids is 1. The van der Waals surface area contributed by atoms with E-state index in [2.05, 4.69) is 22.4 Å². The first-order valence-electron chi connectivity index (χ1n) is 8.17. The van der Waals surface area contributed by atoms with Crippen molar-refractivity contribution in [3.63, 3.8) is 0 Å². The van der Waals surface area contributed by atoms with Crippen molar-refractivity contribution < 1.29 is 9.53 Å². The topological polar surface area (TPSA) is 29.5 Å². The molecule has 3 nitrogen and oxygen atoms in total. The van der Waals surface area contributed by atoms with Gasteiger partial charge in [-0.15, -0.1) is 11.3 Å². The van der Waals surface area contributed by atoms with Gasteiger partial charge >= 0.3 is 0 Å². The molecule has 118 valence electrons. The number of unbranched alkanes of at least 4 members (excludes halogenated alkanes) is 1. The van der Waals surface area contributed by atoms with E-state index < -0.39 is 0 Å². The van der Waals surface area contributed by atoms with Gasteiger partial charge in [0.15, 0.2) is 0 Å². The number of thiophene rings is 1. The lowest BCUT2D eigenvalue weighted by molar-refractivity contribution is -0.133. The lowest BCUT2D eigenvalue weighted by Gasteiger charge is -2.32. The molecule has 0 spiro atoms. The molecule has 1 atom stereocenters. The summed E-state index contributed by atoms with van der Waals surface area (Å²) in [6, 6.07) is 4.27. The zero-order chi connectivity index (χ0) is 14.9. The minimum absolute atomic E-state index is 0.336. The molecule has 1 unspecified atom stereocenters. The molecular weight excluding hydrogens is 282 g/mol. The Kier molecular flexibility index (Phi) is 7.24. The second kappa shape index (κ2) is 9.21. The first-order valence-corrected chi connectivity index (χ1v) is 9.05. The molecular formula is C17H27NO2S. The fraction of sp³-hybridized carbons (Fsp3) is 0.706. The third kappa shape index (κ3) is 5.79. The molecule has 0 bridgehead atoms. The minimum atomic E-state index is 0.336. The SMILES string of the molecule is CCOCC1CCCN(C(=O)CCCCc2cccs2)C1. The fourth-order valence-corrected chi connectivity index (χ4v) is 3.65. The van der Waals surface area contributed by atoms with Crippen molar-refractivity contribution in [2.75, 3.05) is 26.3 Å². The molecule has 1 fully saturated rings. The summed E-state index contributed by atoms with van der Waals surface area (Å²) in [6.07, 6.45) is 6.25. The molecule has 1 aromatic heterocycles. The zero-order valence-electron chi connectivity index (χ0n) is 13.1. The van der Waals surface area contributed by atoms with Crippen LogP contribution in [0.4, 0.5) is 0 Å². The van der Waals surface area contributed by atoms with E-state index >= 15 is 0 Å². The fourth-order valence-electron chi connectivity index (χ4n) is 2.90. The van der Waals surface area contributed by atoms with Crippen LogP contribution in [0, 0.1) is 5.92 Å². The summed E-state index contributed by atoms with van der Waals surface area (Å²) in [5.41, 5.74) is 0. The van der Waals surface area contributed by atoms with Gasteiger partial charge in [-0.25, -0.2) is 0 Å². The summed E-state index contributed by atoms with van der Waals surface area (Å²) in [7, 11) is 0. The van der Waals surface area contributed by atoms with Crippen molar-refractivity contribution in [1.29, 1.82) is 0 Å². The van der Waals surface area contributed by atoms with Crippen LogP contribution in [-0.4, -0.2) is 37.1 Å². The van der Waals surface area contributed by atoms with E-state index in [-0.39, 0.29) is 0 Å². The summed E-state index contributed by atoms with van der Waals surface area (Å²) in [5.74, 6) is 0.871. The first-order chi connectivity index (χ1) is 10.3. The molecule has 0 aliphatic carbocycles. The van der Waals surface area contributed by atoms with Gasteiger partial charge in [0.2, 0.25) is 5.91 Å². The summed E-state index contributed by atoms with van der Waals surface area (Å²) >= 11 is 1.81. The van der Waals surface area contributed by atoms with Gasteiger partial charge in [-0.05, 0) is 56.4 Å². The third-order valence-electron chi connectivity index (χ3n) is 4.07. The van der Waals surface area contributed by atoms with Crippen molar-refractivity contribution in [3.05, 3.63) is 22.4 Å². The molecule has 0 saturated carbocycles. The van der Waals surface area contributed by atoms with E-state index in [0.29, 0.717) is 18.2 Å². The summed E-state index contributed by atoms with van der Waals surface area (Å²) in [5, 5.41) is 2.12. The van der Waals surface area contributed by atoms with Gasteiger partial charge in [0.05, 0.1) is 6.61 Å². The van der Waals surface area contributed by atoms with Crippen LogP contribution < -0.4 is 0 Å². The molecule has 2 heterocycles. The predicted octanol–water partition coefficient (Wildman–Crippen LogP) is 3.74. The molecule has 0 radical (unpaired) electrons. The number of piperidine rings is 1. The maximum atomic E-state index is 12.3. The van der Waals surface area contributed by atoms with E-state index in [1.165, 1.54) is 11.3 Å². The number of likely N-dealkylation sites (tertiary alicyclic amines) is 1. The molecule has 0 N–H and O–H groups in total. The van der Waals surface area contributed by atoms with Gasteiger partial charge in [0.1, 0.15) is 0 Å². The Hall–Kier alpha value is -0.870. The number of aryl methyl sites for hydroxylation is 1. The summed E-state index contributed by atoms with van der Waals surface area (Å²) in [6.45, 7) is 5.43. The highest BCUT2D eigenvalue weighted by Gasteiger charge is 2.23. The van der Waals surface area contributed by atoms with Crippen LogP contribution in [0.15, 0.2) is 17.5 Å². The van der Waals surface area contributed by atoms with Gasteiger partial charge in [-0.1, -0.05) is 6.07 Å². The van der Waals surface area contributed by atoms with Gasteiger partial charge in [-0.3, -0.25) is 4.79 Å². The summed E-state index contributed by atoms with van der Waals surface area (Å²) < 4.78 is 5.50. The highest BCUT2D eigenvalue weighted by Crippen LogP contribution is 2.19. The average Bonchev–Trinajstić information content (AvgIpc) is 3.03. The Morgan fingerprint density at radius 2 is 2.38 bits per heavy atom. The van der Waals surface area contributed by atoms with Gasteiger partial charge < -0.3 is 9.64 Å². The quantitative estimate of drug-likeness (QED) is 0.685. The molecule has 1 aliphatic rings. The molecule has 1 aliphatic heterocycles. The standard InChI is InChI=1S/C17H27NO2S/c1-2-20-14-15-7-5-11-18(13-15)17(19)10-4-3-8-16-9-6-12-21-16/h6,9,12,15H,2-5,7-8,10-11,13-14H2,1H3. The largest absolute Gasteiger partial charge is 0.381 e. The number of hydrogen-bond donors (Lipinski definition) is 0. The second-order valence-electron chi connectivity index (χ2n) is 5.79. The van der Waals surface area contributed by atoms with Crippen LogP contribution in [0.5, 0.6) is 0 Å². The van der Waals surface area contributed by atoms with Crippen molar-refractivity contribution in [1.82, 2.24) is 4.90 Å². The average molecular weight is 309 g/mol. The number of hydrogen-bond acceptors (Lipinski definition) is 3. The Morgan fingerprint density at radius 3 is 3.14 bits per heavy atom. The lowest BCUT2D eigenvalue weighted by Crippen LogP contribution is -2.41. The van der Waals surface area contributed by atoms with Crippen molar-refractivity contribution in [3.8, 4) is 0 Å². The van der Waals surface area contributed by atoms with Crippen molar-refractivity contribution in [2.24, 2.45) is 5.92 Å². The Balaban J connectivity index is 1.63. The van der Waals surface area contributed by atoms with E-state index in [1.54, 1.807) is 0 Å². The smallest absolute Gasteiger partial charge is 0.222 e. The zero-order valence-corrected chi connectivity index (χ0v) is 13.9. The number of amides is 1. The Morgan fingerprint density at radius 1 is 1.48 bits per heavy atom. The van der Waals surface area contributed by atoms with E-state index in [9.17, 15) is 4.79 Å². The maximum Gasteiger partial charge on any atom is 0.222 e. The Bertz CT molecular complexity index is 405. The monoisotopic (exact) mass is 309 g/mol. The van der Waals surface area contributed by atoms with Gasteiger partial charge in [-0.2, -0.15) is 0 Å². The molecule has 1 amide bonds. The van der Waals surface area contributed by atoms with Crippen LogP contribution in [0.3, 0.4) is 0 Å². The van der Waals surface area contributed by atoms with Crippen LogP contribution in [-0.2, 0) is 16.0 Å². The van der Waals surface area contributed by atoms with Crippen LogP contribution in [0.2, 0.25) is 0 Å². The van der Waals surface area contributed by atoms with Gasteiger partial charge in [0, 0.05) is 31.0 Å². The summed E-state index contributed by atoms with van der Waals surface area (Å²) in [4.78, 5) is 15.7. The van der Waals surface area contributed by atoms with Crippen molar-refractivity contribution >= 4 is 17.2 Å². The highest BCUT2D eigenvalue weighted by atomic mass is 32.1. The molecule has 2 rings (SSSR count). The predicted molar refractivity (Wildman–Crippen MR) is 87.7 cm³/mol. The normalized spacial score (nSPS) is 18.9. The lowest BCUT2D eigenvalue weighted by atomic mass is 9.98. The number of nitrogens with zero attached hydrogens (tertiary/aromatic N) is 1. The number of carbonyl (C=O) groups is 1. The van der Waals surface area contributed by atoms with Crippen molar-refractivity contribution in [2.45, 2.75) is 45.4 Å². The van der Waals surface area contributed by atoms with Crippen LogP contribution in [0.1, 0.15) is 43.9 Å². The van der Waals surface area contributed by atoms with Crippen LogP contribution >= 0.6 is 11.3 Å². The minimum Gasteiger partial charge on any atom is -0.381 e. The second-order valence-corrected chi connectivity index (χ2v) is 6.83. The van der Waals surface area contributed by atoms with Gasteiger partial charge in [0.25, 0.3) is 0 Å². The molecule has 1 saturated heterocycles. The maximum absolute atomic E-state index is 12.3. The molecule has 1 aromatic rings. The Labute approximate surface area is 132 Å². The number of rotatable bonds is 8. The van der Waals surface area contributed by atoms with E-state index in [4.69, 9.17) is 4.74 Å². The first kappa shape index (κ1) is 16.5. The third-order valence-corrected chi connectivity index (χ3v) is 5.01. The molecule has 4 heteroatoms. The van der Waals surface area contributed by atoms with E-state index in [0.717, 1.165) is 52.0 Å². The molecule has 21 heavy (non-hydrogen) atoms. The van der Waals surface area contributed by atoms with E-state index in [1.807, 2.05) is 18.3 Å². The molecule has 0 aromatic carbocycles. The van der Waals surface area contributed by atoms with Crippen LogP contribution in [0.25, 0.3) is 0 Å². The highest BCUT2D eigenvalue weighted by molar-refractivity contribution is 7.09. The number of ether oxygens (including phenoxy) is 1.